The summed E-state index contributed by atoms with van der Waals surface area (Å²) in [4.78, 5) is 7.99. The summed E-state index contributed by atoms with van der Waals surface area (Å²) in [7, 11) is 0. The minimum Gasteiger partial charge on any atom is -0.396 e. The van der Waals surface area contributed by atoms with E-state index in [4.69, 9.17) is 10.4 Å². The summed E-state index contributed by atoms with van der Waals surface area (Å²) >= 11 is 0. The van der Waals surface area contributed by atoms with Gasteiger partial charge in [-0.3, -0.25) is 0 Å². The maximum absolute atomic E-state index is 8.85. The van der Waals surface area contributed by atoms with Crippen LogP contribution in [0.4, 0.5) is 5.95 Å². The SMILES string of the molecule is CC(C)(CCO)Nc1nccc(C#N)n1. The van der Waals surface area contributed by atoms with Crippen LogP contribution in [0.1, 0.15) is 26.0 Å². The van der Waals surface area contributed by atoms with Gasteiger partial charge in [-0.05, 0) is 26.3 Å². The summed E-state index contributed by atoms with van der Waals surface area (Å²) in [5.74, 6) is 0.410. The van der Waals surface area contributed by atoms with Gasteiger partial charge in [0.15, 0.2) is 0 Å². The van der Waals surface area contributed by atoms with Crippen LogP contribution in [-0.2, 0) is 0 Å². The fourth-order valence-electron chi connectivity index (χ4n) is 1.13. The molecule has 0 atom stereocenters. The smallest absolute Gasteiger partial charge is 0.224 e. The molecule has 1 rings (SSSR count). The van der Waals surface area contributed by atoms with Crippen molar-refractivity contribution < 1.29 is 5.11 Å². The van der Waals surface area contributed by atoms with Gasteiger partial charge >= 0.3 is 0 Å². The highest BCUT2D eigenvalue weighted by Crippen LogP contribution is 2.14. The van der Waals surface area contributed by atoms with Crippen molar-refractivity contribution in [1.82, 2.24) is 9.97 Å². The second-order valence-corrected chi connectivity index (χ2v) is 3.86. The molecule has 0 aliphatic carbocycles. The first-order valence-electron chi connectivity index (χ1n) is 4.69. The summed E-state index contributed by atoms with van der Waals surface area (Å²) in [6.45, 7) is 3.97. The quantitative estimate of drug-likeness (QED) is 0.765. The van der Waals surface area contributed by atoms with Crippen LogP contribution in [0.2, 0.25) is 0 Å². The van der Waals surface area contributed by atoms with E-state index in [1.807, 2.05) is 19.9 Å². The molecule has 0 radical (unpaired) electrons. The van der Waals surface area contributed by atoms with Gasteiger partial charge in [-0.2, -0.15) is 5.26 Å². The lowest BCUT2D eigenvalue weighted by Gasteiger charge is -2.25. The third-order valence-electron chi connectivity index (χ3n) is 1.96. The van der Waals surface area contributed by atoms with Gasteiger partial charge in [0.1, 0.15) is 11.8 Å². The number of nitrogens with zero attached hydrogens (tertiary/aromatic N) is 3. The maximum Gasteiger partial charge on any atom is 0.224 e. The molecular formula is C10H14N4O. The molecule has 0 bridgehead atoms. The number of rotatable bonds is 4. The Morgan fingerprint density at radius 1 is 1.60 bits per heavy atom. The fourth-order valence-corrected chi connectivity index (χ4v) is 1.13. The zero-order valence-electron chi connectivity index (χ0n) is 8.86. The van der Waals surface area contributed by atoms with Crippen molar-refractivity contribution in [3.05, 3.63) is 18.0 Å². The zero-order chi connectivity index (χ0) is 11.3. The molecule has 2 N–H and O–H groups in total. The number of aromatic nitrogens is 2. The predicted octanol–water partition coefficient (Wildman–Crippen LogP) is 0.921. The number of hydrogen-bond donors (Lipinski definition) is 2. The van der Waals surface area contributed by atoms with Gasteiger partial charge in [0.25, 0.3) is 0 Å². The molecule has 5 heteroatoms. The van der Waals surface area contributed by atoms with Gasteiger partial charge in [0.2, 0.25) is 5.95 Å². The Morgan fingerprint density at radius 3 is 2.93 bits per heavy atom. The Balaban J connectivity index is 2.76. The van der Waals surface area contributed by atoms with Crippen LogP contribution in [-0.4, -0.2) is 27.2 Å². The number of nitriles is 1. The van der Waals surface area contributed by atoms with Crippen molar-refractivity contribution in [1.29, 1.82) is 5.26 Å². The van der Waals surface area contributed by atoms with E-state index in [9.17, 15) is 0 Å². The molecule has 15 heavy (non-hydrogen) atoms. The monoisotopic (exact) mass is 206 g/mol. The first kappa shape index (κ1) is 11.4. The van der Waals surface area contributed by atoms with Crippen LogP contribution >= 0.6 is 0 Å². The fraction of sp³-hybridized carbons (Fsp3) is 0.500. The third-order valence-corrected chi connectivity index (χ3v) is 1.96. The van der Waals surface area contributed by atoms with Crippen LogP contribution in [0.15, 0.2) is 12.3 Å². The van der Waals surface area contributed by atoms with Crippen LogP contribution in [0.25, 0.3) is 0 Å². The van der Waals surface area contributed by atoms with E-state index < -0.39 is 0 Å². The Hall–Kier alpha value is -1.67. The lowest BCUT2D eigenvalue weighted by atomic mass is 10.0. The minimum atomic E-state index is -0.289. The van der Waals surface area contributed by atoms with Crippen molar-refractivity contribution >= 4 is 5.95 Å². The van der Waals surface area contributed by atoms with Crippen LogP contribution < -0.4 is 5.32 Å². The van der Waals surface area contributed by atoms with E-state index in [1.54, 1.807) is 6.07 Å². The lowest BCUT2D eigenvalue weighted by molar-refractivity contribution is 0.260. The van der Waals surface area contributed by atoms with Crippen molar-refractivity contribution in [2.75, 3.05) is 11.9 Å². The number of hydrogen-bond acceptors (Lipinski definition) is 5. The molecule has 0 amide bonds. The Bertz CT molecular complexity index is 370. The largest absolute Gasteiger partial charge is 0.396 e. The van der Waals surface area contributed by atoms with E-state index in [-0.39, 0.29) is 12.1 Å². The first-order valence-corrected chi connectivity index (χ1v) is 4.69. The highest BCUT2D eigenvalue weighted by Gasteiger charge is 2.17. The molecular weight excluding hydrogens is 192 g/mol. The first-order chi connectivity index (χ1) is 7.07. The van der Waals surface area contributed by atoms with Gasteiger partial charge in [-0.25, -0.2) is 9.97 Å². The van der Waals surface area contributed by atoms with Crippen LogP contribution in [0, 0.1) is 11.3 Å². The zero-order valence-corrected chi connectivity index (χ0v) is 8.86. The van der Waals surface area contributed by atoms with Crippen LogP contribution in [0.3, 0.4) is 0 Å². The molecule has 0 fully saturated rings. The van der Waals surface area contributed by atoms with Crippen molar-refractivity contribution in [2.45, 2.75) is 25.8 Å². The van der Waals surface area contributed by atoms with E-state index in [0.29, 0.717) is 18.1 Å². The normalized spacial score (nSPS) is 10.8. The van der Waals surface area contributed by atoms with Gasteiger partial charge in [0.05, 0.1) is 0 Å². The third kappa shape index (κ3) is 3.52. The van der Waals surface area contributed by atoms with E-state index in [0.717, 1.165) is 0 Å². The molecule has 0 unspecified atom stereocenters. The molecule has 0 aliphatic rings. The molecule has 0 saturated carbocycles. The van der Waals surface area contributed by atoms with Crippen molar-refractivity contribution in [2.24, 2.45) is 0 Å². The molecule has 1 heterocycles. The predicted molar refractivity (Wildman–Crippen MR) is 56.2 cm³/mol. The lowest BCUT2D eigenvalue weighted by Crippen LogP contribution is -2.32. The van der Waals surface area contributed by atoms with Gasteiger partial charge < -0.3 is 10.4 Å². The highest BCUT2D eigenvalue weighted by atomic mass is 16.3. The van der Waals surface area contributed by atoms with Crippen molar-refractivity contribution in [3.63, 3.8) is 0 Å². The number of anilines is 1. The molecule has 1 aromatic rings. The Morgan fingerprint density at radius 2 is 2.33 bits per heavy atom. The molecule has 0 spiro atoms. The van der Waals surface area contributed by atoms with Gasteiger partial charge in [-0.1, -0.05) is 0 Å². The topological polar surface area (TPSA) is 81.8 Å². The second-order valence-electron chi connectivity index (χ2n) is 3.86. The molecule has 5 nitrogen and oxygen atoms in total. The maximum atomic E-state index is 8.85. The number of aliphatic hydroxyl groups excluding tert-OH is 1. The van der Waals surface area contributed by atoms with Crippen LogP contribution in [0.5, 0.6) is 0 Å². The van der Waals surface area contributed by atoms with E-state index in [1.165, 1.54) is 6.20 Å². The molecule has 80 valence electrons. The summed E-state index contributed by atoms with van der Waals surface area (Å²) in [6.07, 6.45) is 2.12. The summed E-state index contributed by atoms with van der Waals surface area (Å²) < 4.78 is 0. The van der Waals surface area contributed by atoms with Gasteiger partial charge in [0, 0.05) is 18.3 Å². The van der Waals surface area contributed by atoms with E-state index in [2.05, 4.69) is 15.3 Å². The Labute approximate surface area is 88.8 Å². The van der Waals surface area contributed by atoms with Crippen molar-refractivity contribution in [3.8, 4) is 6.07 Å². The number of nitrogens with one attached hydrogen (secondary N) is 1. The summed E-state index contributed by atoms with van der Waals surface area (Å²) in [5, 5.41) is 20.6. The number of aliphatic hydroxyl groups is 1. The molecule has 0 aromatic carbocycles. The van der Waals surface area contributed by atoms with E-state index >= 15 is 0 Å². The Kier molecular flexibility index (Phi) is 3.58. The second kappa shape index (κ2) is 4.71. The molecule has 0 saturated heterocycles. The molecule has 0 aliphatic heterocycles. The highest BCUT2D eigenvalue weighted by molar-refractivity contribution is 5.32. The molecule has 1 aromatic heterocycles. The minimum absolute atomic E-state index is 0.0952. The van der Waals surface area contributed by atoms with Gasteiger partial charge in [-0.15, -0.1) is 0 Å². The summed E-state index contributed by atoms with van der Waals surface area (Å²) in [6, 6.07) is 3.49. The standard InChI is InChI=1S/C10H14N4O/c1-10(2,4-6-15)14-9-12-5-3-8(7-11)13-9/h3,5,15H,4,6H2,1-2H3,(H,12,13,14). The average Bonchev–Trinajstić information content (AvgIpc) is 2.17. The summed E-state index contributed by atoms with van der Waals surface area (Å²) in [5.41, 5.74) is 0.0373. The average molecular weight is 206 g/mol.